The minimum Gasteiger partial charge on any atom is -0.207 e. The fourth-order valence-corrected chi connectivity index (χ4v) is 8.79. The summed E-state index contributed by atoms with van der Waals surface area (Å²) in [6, 6.07) is 8.87. The Kier molecular flexibility index (Phi) is 7.15. The maximum absolute atomic E-state index is 13.9. The highest BCUT2D eigenvalue weighted by molar-refractivity contribution is 6.60. The molecular formula is C23H36FSi. The molecule has 3 rings (SSSR count). The third-order valence-corrected chi connectivity index (χ3v) is 10.5. The molecule has 1 aliphatic carbocycles. The summed E-state index contributed by atoms with van der Waals surface area (Å²) < 4.78 is 13.9. The van der Waals surface area contributed by atoms with Gasteiger partial charge in [0.2, 0.25) is 0 Å². The molecule has 0 atom stereocenters. The molecule has 2 fully saturated rings. The maximum Gasteiger partial charge on any atom is 0.126 e. The molecule has 1 aromatic rings. The molecule has 2 aliphatic rings. The Hall–Kier alpha value is -0.633. The summed E-state index contributed by atoms with van der Waals surface area (Å²) in [5, 5.41) is 0. The van der Waals surface area contributed by atoms with E-state index >= 15 is 0 Å². The molecule has 0 N–H and O–H groups in total. The highest BCUT2D eigenvalue weighted by Crippen LogP contribution is 2.44. The lowest BCUT2D eigenvalue weighted by Gasteiger charge is -2.37. The first-order valence-electron chi connectivity index (χ1n) is 10.8. The van der Waals surface area contributed by atoms with Crippen LogP contribution in [-0.4, -0.2) is 8.80 Å². The van der Waals surface area contributed by atoms with Crippen LogP contribution in [0, 0.1) is 18.7 Å². The van der Waals surface area contributed by atoms with Gasteiger partial charge in [-0.15, -0.1) is 0 Å². The lowest BCUT2D eigenvalue weighted by molar-refractivity contribution is 0.325. The Morgan fingerprint density at radius 2 is 1.72 bits per heavy atom. The summed E-state index contributed by atoms with van der Waals surface area (Å²) in [5.41, 5.74) is 3.12. The van der Waals surface area contributed by atoms with E-state index in [9.17, 15) is 4.39 Å². The number of rotatable bonds is 6. The van der Waals surface area contributed by atoms with E-state index in [1.807, 2.05) is 13.0 Å². The van der Waals surface area contributed by atoms with Gasteiger partial charge < -0.3 is 0 Å². The van der Waals surface area contributed by atoms with Crippen molar-refractivity contribution in [2.24, 2.45) is 5.92 Å². The topological polar surface area (TPSA) is 0 Å². The van der Waals surface area contributed by atoms with Crippen molar-refractivity contribution in [1.29, 1.82) is 0 Å². The second kappa shape index (κ2) is 9.35. The van der Waals surface area contributed by atoms with E-state index in [0.29, 0.717) is 5.92 Å². The molecule has 1 heterocycles. The molecule has 1 saturated carbocycles. The van der Waals surface area contributed by atoms with Gasteiger partial charge in [0.15, 0.2) is 0 Å². The van der Waals surface area contributed by atoms with Crippen molar-refractivity contribution < 1.29 is 4.39 Å². The highest BCUT2D eigenvalue weighted by atomic mass is 28.3. The third-order valence-electron chi connectivity index (χ3n) is 6.94. The van der Waals surface area contributed by atoms with Gasteiger partial charge in [0.25, 0.3) is 0 Å². The molecule has 0 aromatic heterocycles. The van der Waals surface area contributed by atoms with Crippen molar-refractivity contribution in [3.05, 3.63) is 35.1 Å². The van der Waals surface area contributed by atoms with Crippen LogP contribution < -0.4 is 0 Å². The van der Waals surface area contributed by atoms with Gasteiger partial charge in [-0.25, -0.2) is 4.39 Å². The number of aryl methyl sites for hydroxylation is 1. The van der Waals surface area contributed by atoms with Crippen LogP contribution in [0.1, 0.15) is 88.2 Å². The summed E-state index contributed by atoms with van der Waals surface area (Å²) in [6.07, 6.45) is 14.4. The van der Waals surface area contributed by atoms with E-state index in [1.54, 1.807) is 6.07 Å². The van der Waals surface area contributed by atoms with E-state index in [-0.39, 0.29) is 14.6 Å². The Morgan fingerprint density at radius 3 is 2.36 bits per heavy atom. The summed E-state index contributed by atoms with van der Waals surface area (Å²) in [5.74, 6) is 1.64. The van der Waals surface area contributed by atoms with Crippen molar-refractivity contribution in [1.82, 2.24) is 0 Å². The molecule has 1 saturated heterocycles. The first kappa shape index (κ1) is 19.1. The quantitative estimate of drug-likeness (QED) is 0.361. The van der Waals surface area contributed by atoms with Gasteiger partial charge in [-0.2, -0.15) is 0 Å². The lowest BCUT2D eigenvalue weighted by atomic mass is 9.85. The Balaban J connectivity index is 1.43. The average molecular weight is 360 g/mol. The second-order valence-electron chi connectivity index (χ2n) is 8.65. The summed E-state index contributed by atoms with van der Waals surface area (Å²) in [4.78, 5) is 0. The van der Waals surface area contributed by atoms with E-state index < -0.39 is 0 Å². The van der Waals surface area contributed by atoms with E-state index in [4.69, 9.17) is 0 Å². The highest BCUT2D eigenvalue weighted by Gasteiger charge is 2.32. The van der Waals surface area contributed by atoms with E-state index in [1.165, 1.54) is 81.9 Å². The molecule has 0 unspecified atom stereocenters. The molecule has 1 aromatic carbocycles. The van der Waals surface area contributed by atoms with Gasteiger partial charge in [0.1, 0.15) is 5.82 Å². The predicted molar refractivity (Wildman–Crippen MR) is 108 cm³/mol. The van der Waals surface area contributed by atoms with Crippen LogP contribution in [0.2, 0.25) is 17.6 Å². The van der Waals surface area contributed by atoms with Gasteiger partial charge >= 0.3 is 0 Å². The monoisotopic (exact) mass is 359 g/mol. The molecule has 1 aliphatic heterocycles. The normalized spacial score (nSPS) is 26.0. The largest absolute Gasteiger partial charge is 0.207 e. The minimum atomic E-state index is -0.148. The Bertz CT molecular complexity index is 525. The van der Waals surface area contributed by atoms with Crippen LogP contribution in [0.15, 0.2) is 18.2 Å². The average Bonchev–Trinajstić information content (AvgIpc) is 2.65. The zero-order valence-corrected chi connectivity index (χ0v) is 17.3. The zero-order chi connectivity index (χ0) is 17.6. The van der Waals surface area contributed by atoms with Crippen molar-refractivity contribution in [3.63, 3.8) is 0 Å². The zero-order valence-electron chi connectivity index (χ0n) is 16.3. The molecule has 0 nitrogen and oxygen atoms in total. The summed E-state index contributed by atoms with van der Waals surface area (Å²) in [6.45, 7) is 4.17. The lowest BCUT2D eigenvalue weighted by Crippen LogP contribution is -2.29. The van der Waals surface area contributed by atoms with Gasteiger partial charge in [0, 0.05) is 0 Å². The minimum absolute atomic E-state index is 0.0185. The predicted octanol–water partition coefficient (Wildman–Crippen LogP) is 7.65. The summed E-state index contributed by atoms with van der Waals surface area (Å²) >= 11 is 0. The van der Waals surface area contributed by atoms with Crippen LogP contribution in [0.3, 0.4) is 0 Å². The fraction of sp³-hybridized carbons (Fsp3) is 0.739. The molecule has 0 bridgehead atoms. The van der Waals surface area contributed by atoms with Crippen molar-refractivity contribution >= 4 is 8.80 Å². The van der Waals surface area contributed by atoms with Crippen LogP contribution in [0.4, 0.5) is 4.39 Å². The standard InChI is InChI=1S/C23H36FSi/c1-3-4-5-6-19-8-11-22(12-9-19)25-15-13-20(14-16-25)21-10-7-18(2)23(24)17-21/h7,10,17,19-20,22H,3-6,8-9,11-16H2,1-2H3. The van der Waals surface area contributed by atoms with Gasteiger partial charge in [-0.1, -0.05) is 82.5 Å². The van der Waals surface area contributed by atoms with Crippen molar-refractivity contribution in [2.75, 3.05) is 0 Å². The van der Waals surface area contributed by atoms with Crippen LogP contribution in [0.5, 0.6) is 0 Å². The maximum atomic E-state index is 13.9. The number of unbranched alkanes of at least 4 members (excludes halogenated alkanes) is 2. The molecule has 139 valence electrons. The number of benzene rings is 1. The van der Waals surface area contributed by atoms with Crippen molar-refractivity contribution in [3.8, 4) is 0 Å². The van der Waals surface area contributed by atoms with Crippen LogP contribution in [0.25, 0.3) is 0 Å². The summed E-state index contributed by atoms with van der Waals surface area (Å²) in [7, 11) is -0.148. The smallest absolute Gasteiger partial charge is 0.126 e. The van der Waals surface area contributed by atoms with Crippen molar-refractivity contribution in [2.45, 2.75) is 102 Å². The molecule has 1 radical (unpaired) electrons. The molecule has 0 amide bonds. The molecule has 0 spiro atoms. The first-order valence-corrected chi connectivity index (χ1v) is 12.8. The van der Waals surface area contributed by atoms with E-state index in [2.05, 4.69) is 13.0 Å². The number of halogens is 1. The van der Waals surface area contributed by atoms with Crippen LogP contribution in [-0.2, 0) is 0 Å². The third kappa shape index (κ3) is 5.18. The first-order chi connectivity index (χ1) is 12.2. The second-order valence-corrected chi connectivity index (χ2v) is 11.8. The van der Waals surface area contributed by atoms with Gasteiger partial charge in [-0.3, -0.25) is 0 Å². The molecule has 2 heteroatoms. The molecule has 25 heavy (non-hydrogen) atoms. The fourth-order valence-electron chi connectivity index (χ4n) is 5.14. The van der Waals surface area contributed by atoms with E-state index in [0.717, 1.165) is 17.0 Å². The SMILES string of the molecule is CCCCCC1CCC([Si]2CCC(c3ccc(C)c(F)c3)CC2)CC1. The van der Waals surface area contributed by atoms with Gasteiger partial charge in [-0.05, 0) is 54.3 Å². The Labute approximate surface area is 156 Å². The van der Waals surface area contributed by atoms with Gasteiger partial charge in [0.05, 0.1) is 8.80 Å². The number of hydrogen-bond acceptors (Lipinski definition) is 0. The number of hydrogen-bond donors (Lipinski definition) is 0. The Morgan fingerprint density at radius 1 is 1.00 bits per heavy atom. The van der Waals surface area contributed by atoms with Crippen LogP contribution >= 0.6 is 0 Å². The molecular weight excluding hydrogens is 323 g/mol.